The average Bonchev–Trinajstić information content (AvgIpc) is 2.28. The highest BCUT2D eigenvalue weighted by molar-refractivity contribution is 5.47. The summed E-state index contributed by atoms with van der Waals surface area (Å²) < 4.78 is 0. The Kier molecular flexibility index (Phi) is 5.49. The molecule has 17 heavy (non-hydrogen) atoms. The van der Waals surface area contributed by atoms with Gasteiger partial charge in [-0.25, -0.2) is 0 Å². The Hall–Kier alpha value is -1.02. The van der Waals surface area contributed by atoms with E-state index in [-0.39, 0.29) is 0 Å². The third kappa shape index (κ3) is 4.78. The minimum Gasteiger partial charge on any atom is -0.375 e. The van der Waals surface area contributed by atoms with Crippen LogP contribution in [0.25, 0.3) is 0 Å². The third-order valence-corrected chi connectivity index (χ3v) is 3.15. The lowest BCUT2D eigenvalue weighted by molar-refractivity contribution is 0.621. The van der Waals surface area contributed by atoms with Crippen molar-refractivity contribution in [2.45, 2.75) is 45.6 Å². The summed E-state index contributed by atoms with van der Waals surface area (Å²) in [6.07, 6.45) is 2.24. The Morgan fingerprint density at radius 1 is 1.12 bits per heavy atom. The van der Waals surface area contributed by atoms with Gasteiger partial charge in [0.25, 0.3) is 0 Å². The van der Waals surface area contributed by atoms with Crippen LogP contribution in [0.5, 0.6) is 0 Å². The predicted molar refractivity (Wildman–Crippen MR) is 76.7 cm³/mol. The van der Waals surface area contributed by atoms with Crippen LogP contribution in [-0.2, 0) is 0 Å². The summed E-state index contributed by atoms with van der Waals surface area (Å²) >= 11 is 0. The van der Waals surface area contributed by atoms with Gasteiger partial charge in [0, 0.05) is 25.3 Å². The molecule has 2 nitrogen and oxygen atoms in total. The molecule has 0 radical (unpaired) electrons. The van der Waals surface area contributed by atoms with E-state index in [9.17, 15) is 0 Å². The molecule has 0 aliphatic heterocycles. The fourth-order valence-electron chi connectivity index (χ4n) is 1.89. The highest BCUT2D eigenvalue weighted by atomic mass is 15.1. The molecule has 2 N–H and O–H groups in total. The molecule has 0 spiro atoms. The summed E-state index contributed by atoms with van der Waals surface area (Å²) in [7, 11) is 2.14. The summed E-state index contributed by atoms with van der Waals surface area (Å²) in [5.41, 5.74) is 8.44. The van der Waals surface area contributed by atoms with Gasteiger partial charge in [-0.05, 0) is 43.4 Å². The van der Waals surface area contributed by atoms with Crippen LogP contribution in [0, 0.1) is 0 Å². The highest BCUT2D eigenvalue weighted by Gasteiger charge is 2.03. The zero-order chi connectivity index (χ0) is 12.8. The zero-order valence-corrected chi connectivity index (χ0v) is 11.6. The van der Waals surface area contributed by atoms with E-state index in [1.54, 1.807) is 0 Å². The molecule has 1 aromatic carbocycles. The largest absolute Gasteiger partial charge is 0.375 e. The van der Waals surface area contributed by atoms with Crippen molar-refractivity contribution in [1.82, 2.24) is 0 Å². The van der Waals surface area contributed by atoms with Crippen molar-refractivity contribution in [2.75, 3.05) is 18.5 Å². The van der Waals surface area contributed by atoms with E-state index in [2.05, 4.69) is 57.0 Å². The SMILES string of the molecule is CC(N)CCCN(C)c1ccc(C(C)C)cc1. The molecule has 1 aromatic rings. The molecule has 1 rings (SSSR count). The van der Waals surface area contributed by atoms with Gasteiger partial charge < -0.3 is 10.6 Å². The average molecular weight is 234 g/mol. The molecule has 0 fully saturated rings. The van der Waals surface area contributed by atoms with Gasteiger partial charge in [-0.3, -0.25) is 0 Å². The fourth-order valence-corrected chi connectivity index (χ4v) is 1.89. The number of hydrogen-bond donors (Lipinski definition) is 1. The van der Waals surface area contributed by atoms with Crippen LogP contribution >= 0.6 is 0 Å². The minimum atomic E-state index is 0.312. The van der Waals surface area contributed by atoms with E-state index in [1.807, 2.05) is 0 Å². The van der Waals surface area contributed by atoms with Gasteiger partial charge in [-0.1, -0.05) is 26.0 Å². The second-order valence-electron chi connectivity index (χ2n) is 5.29. The lowest BCUT2D eigenvalue weighted by Gasteiger charge is -2.20. The lowest BCUT2D eigenvalue weighted by Crippen LogP contribution is -2.22. The second kappa shape index (κ2) is 6.65. The van der Waals surface area contributed by atoms with Crippen molar-refractivity contribution in [3.8, 4) is 0 Å². The Balaban J connectivity index is 2.48. The van der Waals surface area contributed by atoms with Gasteiger partial charge in [0.2, 0.25) is 0 Å². The van der Waals surface area contributed by atoms with Crippen molar-refractivity contribution in [2.24, 2.45) is 5.73 Å². The fraction of sp³-hybridized carbons (Fsp3) is 0.600. The van der Waals surface area contributed by atoms with Crippen molar-refractivity contribution < 1.29 is 0 Å². The van der Waals surface area contributed by atoms with Crippen molar-refractivity contribution in [3.63, 3.8) is 0 Å². The smallest absolute Gasteiger partial charge is 0.0363 e. The van der Waals surface area contributed by atoms with Gasteiger partial charge in [0.15, 0.2) is 0 Å². The molecule has 0 bridgehead atoms. The van der Waals surface area contributed by atoms with Crippen molar-refractivity contribution >= 4 is 5.69 Å². The first-order chi connectivity index (χ1) is 8.00. The molecule has 0 saturated carbocycles. The van der Waals surface area contributed by atoms with Gasteiger partial charge in [-0.2, -0.15) is 0 Å². The summed E-state index contributed by atoms with van der Waals surface area (Å²) in [5.74, 6) is 0.604. The maximum atomic E-state index is 5.75. The van der Waals surface area contributed by atoms with Crippen molar-refractivity contribution in [1.29, 1.82) is 0 Å². The van der Waals surface area contributed by atoms with Crippen LogP contribution in [0.1, 0.15) is 45.1 Å². The standard InChI is InChI=1S/C15H26N2/c1-12(2)14-7-9-15(10-8-14)17(4)11-5-6-13(3)16/h7-10,12-13H,5-6,11,16H2,1-4H3. The first kappa shape index (κ1) is 14.0. The van der Waals surface area contributed by atoms with Crippen LogP contribution in [-0.4, -0.2) is 19.6 Å². The van der Waals surface area contributed by atoms with Crippen LogP contribution in [0.3, 0.4) is 0 Å². The van der Waals surface area contributed by atoms with E-state index in [0.29, 0.717) is 12.0 Å². The van der Waals surface area contributed by atoms with Crippen molar-refractivity contribution in [3.05, 3.63) is 29.8 Å². The van der Waals surface area contributed by atoms with Crippen LogP contribution in [0.2, 0.25) is 0 Å². The summed E-state index contributed by atoms with van der Waals surface area (Å²) in [5, 5.41) is 0. The maximum Gasteiger partial charge on any atom is 0.0363 e. The molecule has 0 saturated heterocycles. The first-order valence-corrected chi connectivity index (χ1v) is 6.57. The Bertz CT molecular complexity index is 314. The topological polar surface area (TPSA) is 29.3 Å². The third-order valence-electron chi connectivity index (χ3n) is 3.15. The van der Waals surface area contributed by atoms with E-state index < -0.39 is 0 Å². The van der Waals surface area contributed by atoms with E-state index in [4.69, 9.17) is 5.73 Å². The Labute approximate surface area is 106 Å². The summed E-state index contributed by atoms with van der Waals surface area (Å²) in [4.78, 5) is 2.30. The Morgan fingerprint density at radius 2 is 1.71 bits per heavy atom. The molecule has 2 heteroatoms. The quantitative estimate of drug-likeness (QED) is 0.817. The van der Waals surface area contributed by atoms with Gasteiger partial charge in [0.05, 0.1) is 0 Å². The molecular formula is C15H26N2. The van der Waals surface area contributed by atoms with Gasteiger partial charge in [0.1, 0.15) is 0 Å². The van der Waals surface area contributed by atoms with Crippen LogP contribution in [0.4, 0.5) is 5.69 Å². The van der Waals surface area contributed by atoms with Crippen LogP contribution < -0.4 is 10.6 Å². The molecular weight excluding hydrogens is 208 g/mol. The molecule has 1 atom stereocenters. The number of hydrogen-bond acceptors (Lipinski definition) is 2. The molecule has 0 aromatic heterocycles. The Morgan fingerprint density at radius 3 is 2.18 bits per heavy atom. The molecule has 0 aliphatic carbocycles. The number of anilines is 1. The van der Waals surface area contributed by atoms with Crippen LogP contribution in [0.15, 0.2) is 24.3 Å². The maximum absolute atomic E-state index is 5.75. The zero-order valence-electron chi connectivity index (χ0n) is 11.6. The molecule has 1 unspecified atom stereocenters. The van der Waals surface area contributed by atoms with E-state index >= 15 is 0 Å². The molecule has 0 amide bonds. The number of benzene rings is 1. The molecule has 96 valence electrons. The second-order valence-corrected chi connectivity index (χ2v) is 5.29. The molecule has 0 aliphatic rings. The summed E-state index contributed by atoms with van der Waals surface area (Å²) in [6.45, 7) is 7.59. The highest BCUT2D eigenvalue weighted by Crippen LogP contribution is 2.19. The van der Waals surface area contributed by atoms with E-state index in [0.717, 1.165) is 19.4 Å². The lowest BCUT2D eigenvalue weighted by atomic mass is 10.0. The van der Waals surface area contributed by atoms with Gasteiger partial charge >= 0.3 is 0 Å². The number of nitrogens with zero attached hydrogens (tertiary/aromatic N) is 1. The normalized spacial score (nSPS) is 12.8. The number of rotatable bonds is 6. The minimum absolute atomic E-state index is 0.312. The monoisotopic (exact) mass is 234 g/mol. The molecule has 0 heterocycles. The predicted octanol–water partition coefficient (Wildman–Crippen LogP) is 3.37. The first-order valence-electron chi connectivity index (χ1n) is 6.57. The van der Waals surface area contributed by atoms with E-state index in [1.165, 1.54) is 11.3 Å². The summed E-state index contributed by atoms with van der Waals surface area (Å²) in [6, 6.07) is 9.18. The van der Waals surface area contributed by atoms with Gasteiger partial charge in [-0.15, -0.1) is 0 Å². The number of nitrogens with two attached hydrogens (primary N) is 1.